The third kappa shape index (κ3) is 5.19. The van der Waals surface area contributed by atoms with Crippen LogP contribution in [0.4, 0.5) is 0 Å². The van der Waals surface area contributed by atoms with Crippen LogP contribution in [0.15, 0.2) is 21.3 Å². The van der Waals surface area contributed by atoms with Crippen LogP contribution >= 0.6 is 35.3 Å². The Morgan fingerprint density at radius 2 is 2.05 bits per heavy atom. The van der Waals surface area contributed by atoms with E-state index in [-0.39, 0.29) is 28.2 Å². The summed E-state index contributed by atoms with van der Waals surface area (Å²) in [5, 5.41) is 8.22. The number of sulfonamides is 1. The fraction of sp³-hybridized carbons (Fsp3) is 0.545. The average Bonchev–Trinajstić information content (AvgIpc) is 2.95. The molecule has 0 atom stereocenters. The van der Waals surface area contributed by atoms with Crippen molar-refractivity contribution in [1.82, 2.24) is 5.32 Å². The number of halogens is 1. The third-order valence-electron chi connectivity index (χ3n) is 3.03. The molecule has 1 aliphatic carbocycles. The highest BCUT2D eigenvalue weighted by atomic mass is 127. The smallest absolute Gasteiger partial charge is 0.247 e. The van der Waals surface area contributed by atoms with E-state index in [0.717, 1.165) is 29.1 Å². The van der Waals surface area contributed by atoms with Crippen LogP contribution in [0, 0.1) is 0 Å². The van der Waals surface area contributed by atoms with Gasteiger partial charge in [-0.1, -0.05) is 12.8 Å². The van der Waals surface area contributed by atoms with Crippen LogP contribution < -0.4 is 16.2 Å². The van der Waals surface area contributed by atoms with Gasteiger partial charge in [-0.05, 0) is 25.0 Å². The molecule has 0 bridgehead atoms. The Balaban J connectivity index is 0.00000200. The van der Waals surface area contributed by atoms with E-state index in [1.54, 1.807) is 6.07 Å². The molecular weight excluding hydrogens is 411 g/mol. The highest BCUT2D eigenvalue weighted by Crippen LogP contribution is 2.21. The summed E-state index contributed by atoms with van der Waals surface area (Å²) in [7, 11) is -3.62. The van der Waals surface area contributed by atoms with Crippen LogP contribution in [-0.2, 0) is 16.6 Å². The first-order valence-corrected chi connectivity index (χ1v) is 8.49. The number of thiophene rings is 1. The molecule has 1 heterocycles. The van der Waals surface area contributed by atoms with Crippen molar-refractivity contribution >= 4 is 51.3 Å². The van der Waals surface area contributed by atoms with Crippen molar-refractivity contribution in [2.75, 3.05) is 0 Å². The lowest BCUT2D eigenvalue weighted by atomic mass is 10.2. The maximum atomic E-state index is 11.1. The minimum atomic E-state index is -3.62. The lowest BCUT2D eigenvalue weighted by molar-refractivity contribution is 0.600. The molecule has 1 saturated carbocycles. The summed E-state index contributed by atoms with van der Waals surface area (Å²) in [5.74, 6) is 0.414. The van der Waals surface area contributed by atoms with Crippen LogP contribution in [0.25, 0.3) is 0 Å². The largest absolute Gasteiger partial charge is 0.370 e. The molecule has 1 fully saturated rings. The molecule has 0 spiro atoms. The molecule has 5 N–H and O–H groups in total. The first kappa shape index (κ1) is 17.7. The second kappa shape index (κ2) is 7.57. The molecule has 6 nitrogen and oxygen atoms in total. The monoisotopic (exact) mass is 430 g/mol. The van der Waals surface area contributed by atoms with E-state index >= 15 is 0 Å². The van der Waals surface area contributed by atoms with Gasteiger partial charge in [0.1, 0.15) is 4.21 Å². The molecule has 0 unspecified atom stereocenters. The highest BCUT2D eigenvalue weighted by molar-refractivity contribution is 14.0. The van der Waals surface area contributed by atoms with Gasteiger partial charge >= 0.3 is 0 Å². The summed E-state index contributed by atoms with van der Waals surface area (Å²) in [6.45, 7) is 0.367. The van der Waals surface area contributed by atoms with Gasteiger partial charge in [0.25, 0.3) is 0 Å². The van der Waals surface area contributed by atoms with Crippen molar-refractivity contribution in [3.63, 3.8) is 0 Å². The number of nitrogens with two attached hydrogens (primary N) is 2. The van der Waals surface area contributed by atoms with Gasteiger partial charge in [-0.2, -0.15) is 0 Å². The standard InChI is InChI=1S/C11H18N4O2S2.HI/c12-11(15-8-3-1-2-4-8)14-7-9-5-6-10(18-9)19(13,16)17;/h5-6,8H,1-4,7H2,(H3,12,14,15)(H2,13,16,17);1H. The molecule has 0 amide bonds. The van der Waals surface area contributed by atoms with Crippen LogP contribution in [0.2, 0.25) is 0 Å². The quantitative estimate of drug-likeness (QED) is 0.381. The maximum Gasteiger partial charge on any atom is 0.247 e. The van der Waals surface area contributed by atoms with E-state index in [2.05, 4.69) is 10.3 Å². The minimum Gasteiger partial charge on any atom is -0.370 e. The van der Waals surface area contributed by atoms with E-state index in [0.29, 0.717) is 18.5 Å². The second-order valence-corrected chi connectivity index (χ2v) is 7.55. The van der Waals surface area contributed by atoms with Gasteiger partial charge in [0, 0.05) is 10.9 Å². The topological polar surface area (TPSA) is 111 Å². The number of primary sulfonamides is 1. The maximum absolute atomic E-state index is 11.1. The summed E-state index contributed by atoms with van der Waals surface area (Å²) < 4.78 is 22.4. The van der Waals surface area contributed by atoms with Crippen molar-refractivity contribution in [2.24, 2.45) is 15.9 Å². The molecule has 0 radical (unpaired) electrons. The molecule has 114 valence electrons. The number of nitrogens with zero attached hydrogens (tertiary/aromatic N) is 1. The first-order valence-electron chi connectivity index (χ1n) is 6.13. The zero-order valence-corrected chi connectivity index (χ0v) is 14.9. The predicted octanol–water partition coefficient (Wildman–Crippen LogP) is 1.36. The van der Waals surface area contributed by atoms with E-state index in [9.17, 15) is 8.42 Å². The van der Waals surface area contributed by atoms with E-state index < -0.39 is 10.0 Å². The first-order chi connectivity index (χ1) is 8.95. The number of hydrogen-bond acceptors (Lipinski definition) is 4. The van der Waals surface area contributed by atoms with Crippen molar-refractivity contribution in [3.8, 4) is 0 Å². The van der Waals surface area contributed by atoms with Crippen LogP contribution in [0.1, 0.15) is 30.6 Å². The number of hydrogen-bond donors (Lipinski definition) is 3. The molecule has 0 saturated heterocycles. The predicted molar refractivity (Wildman–Crippen MR) is 91.8 cm³/mol. The van der Waals surface area contributed by atoms with Gasteiger partial charge in [0.15, 0.2) is 5.96 Å². The van der Waals surface area contributed by atoms with Gasteiger partial charge in [-0.15, -0.1) is 35.3 Å². The number of aliphatic imine (C=N–C) groups is 1. The summed E-state index contributed by atoms with van der Waals surface area (Å²) >= 11 is 1.12. The molecule has 1 aliphatic rings. The molecule has 20 heavy (non-hydrogen) atoms. The minimum absolute atomic E-state index is 0. The molecule has 0 aliphatic heterocycles. The number of guanidine groups is 1. The SMILES string of the molecule is I.NC(=NCc1ccc(S(N)(=O)=O)s1)NC1CCCC1. The zero-order chi connectivity index (χ0) is 13.9. The summed E-state index contributed by atoms with van der Waals surface area (Å²) in [6.07, 6.45) is 4.72. The average molecular weight is 430 g/mol. The lowest BCUT2D eigenvalue weighted by Gasteiger charge is -2.11. The van der Waals surface area contributed by atoms with Gasteiger partial charge in [-0.3, -0.25) is 0 Å². The van der Waals surface area contributed by atoms with E-state index in [1.807, 2.05) is 0 Å². The molecule has 0 aromatic carbocycles. The Morgan fingerprint density at radius 3 is 2.60 bits per heavy atom. The number of nitrogens with one attached hydrogen (secondary N) is 1. The lowest BCUT2D eigenvalue weighted by Crippen LogP contribution is -2.38. The number of rotatable bonds is 4. The third-order valence-corrected chi connectivity index (χ3v) is 5.54. The summed E-state index contributed by atoms with van der Waals surface area (Å²) in [6, 6.07) is 3.62. The van der Waals surface area contributed by atoms with Gasteiger partial charge < -0.3 is 11.1 Å². The molecule has 9 heteroatoms. The Hall–Kier alpha value is -0.390. The molecular formula is C11H19IN4O2S2. The fourth-order valence-corrected chi connectivity index (χ4v) is 3.79. The van der Waals surface area contributed by atoms with E-state index in [1.165, 1.54) is 18.9 Å². The van der Waals surface area contributed by atoms with Crippen LogP contribution in [0.5, 0.6) is 0 Å². The normalized spacial score (nSPS) is 16.9. The Labute approximate surface area is 140 Å². The van der Waals surface area contributed by atoms with Crippen molar-refractivity contribution in [2.45, 2.75) is 42.5 Å². The van der Waals surface area contributed by atoms with Gasteiger partial charge in [0.05, 0.1) is 6.54 Å². The Morgan fingerprint density at radius 1 is 1.40 bits per heavy atom. The van der Waals surface area contributed by atoms with Gasteiger partial charge in [0.2, 0.25) is 10.0 Å². The summed E-state index contributed by atoms with van der Waals surface area (Å²) in [4.78, 5) is 5.03. The van der Waals surface area contributed by atoms with Crippen LogP contribution in [-0.4, -0.2) is 20.4 Å². The highest BCUT2D eigenvalue weighted by Gasteiger charge is 2.15. The molecule has 1 aromatic heterocycles. The van der Waals surface area contributed by atoms with Crippen LogP contribution in [0.3, 0.4) is 0 Å². The van der Waals surface area contributed by atoms with E-state index in [4.69, 9.17) is 10.9 Å². The Bertz CT molecular complexity index is 565. The van der Waals surface area contributed by atoms with Crippen molar-refractivity contribution in [3.05, 3.63) is 17.0 Å². The molecule has 2 rings (SSSR count). The van der Waals surface area contributed by atoms with Gasteiger partial charge in [-0.25, -0.2) is 18.5 Å². The Kier molecular flexibility index (Phi) is 6.69. The van der Waals surface area contributed by atoms with Crippen molar-refractivity contribution < 1.29 is 8.42 Å². The zero-order valence-electron chi connectivity index (χ0n) is 10.9. The second-order valence-electron chi connectivity index (χ2n) is 4.59. The fourth-order valence-electron chi connectivity index (χ4n) is 2.08. The molecule has 1 aromatic rings. The summed E-state index contributed by atoms with van der Waals surface area (Å²) in [5.41, 5.74) is 5.79. The van der Waals surface area contributed by atoms with Crippen molar-refractivity contribution in [1.29, 1.82) is 0 Å².